The van der Waals surface area contributed by atoms with E-state index >= 15 is 0 Å². The van der Waals surface area contributed by atoms with Gasteiger partial charge in [0.05, 0.1) is 5.75 Å². The number of hydrogen-bond acceptors (Lipinski definition) is 5. The van der Waals surface area contributed by atoms with E-state index in [1.807, 2.05) is 0 Å². The zero-order valence-electron chi connectivity index (χ0n) is 19.0. The second kappa shape index (κ2) is 9.29. The van der Waals surface area contributed by atoms with Crippen molar-refractivity contribution in [3.05, 3.63) is 46.1 Å². The van der Waals surface area contributed by atoms with Crippen LogP contribution < -0.4 is 5.32 Å². The molecule has 0 unspecified atom stereocenters. The van der Waals surface area contributed by atoms with Gasteiger partial charge in [0, 0.05) is 16.0 Å². The van der Waals surface area contributed by atoms with Crippen LogP contribution in [0.4, 0.5) is 5.69 Å². The van der Waals surface area contributed by atoms with E-state index in [-0.39, 0.29) is 5.91 Å². The third-order valence-corrected chi connectivity index (χ3v) is 8.19. The van der Waals surface area contributed by atoms with Gasteiger partial charge in [-0.2, -0.15) is 0 Å². The van der Waals surface area contributed by atoms with Crippen molar-refractivity contribution in [1.82, 2.24) is 9.97 Å². The topological polar surface area (TPSA) is 54.9 Å². The van der Waals surface area contributed by atoms with E-state index in [1.165, 1.54) is 45.1 Å². The highest BCUT2D eigenvalue weighted by Gasteiger charge is 2.23. The number of benzene rings is 1. The van der Waals surface area contributed by atoms with E-state index in [2.05, 4.69) is 68.1 Å². The number of thioether (sulfide) groups is 1. The van der Waals surface area contributed by atoms with Crippen molar-refractivity contribution in [2.75, 3.05) is 11.1 Å². The largest absolute Gasteiger partial charge is 0.325 e. The first kappa shape index (κ1) is 22.3. The molecule has 0 spiro atoms. The average molecular weight is 454 g/mol. The summed E-state index contributed by atoms with van der Waals surface area (Å²) in [5, 5.41) is 5.34. The number of para-hydroxylation sites is 1. The van der Waals surface area contributed by atoms with Gasteiger partial charge in [0.1, 0.15) is 16.2 Å². The number of amides is 1. The first-order chi connectivity index (χ1) is 14.8. The van der Waals surface area contributed by atoms with Crippen LogP contribution in [0.25, 0.3) is 10.2 Å². The fourth-order valence-electron chi connectivity index (χ4n) is 4.36. The summed E-state index contributed by atoms with van der Waals surface area (Å²) in [6.07, 6.45) is 5.06. The lowest BCUT2D eigenvalue weighted by atomic mass is 9.89. The van der Waals surface area contributed by atoms with Crippen molar-refractivity contribution in [3.63, 3.8) is 0 Å². The number of carbonyl (C=O) groups is 1. The van der Waals surface area contributed by atoms with Gasteiger partial charge in [-0.3, -0.25) is 4.79 Å². The van der Waals surface area contributed by atoms with Crippen LogP contribution in [-0.4, -0.2) is 21.6 Å². The Morgan fingerprint density at radius 3 is 2.58 bits per heavy atom. The summed E-state index contributed by atoms with van der Waals surface area (Å²) in [6, 6.07) is 6.32. The highest BCUT2D eigenvalue weighted by molar-refractivity contribution is 8.00. The van der Waals surface area contributed by atoms with Crippen molar-refractivity contribution in [2.45, 2.75) is 70.7 Å². The summed E-state index contributed by atoms with van der Waals surface area (Å²) in [4.78, 5) is 24.6. The molecule has 1 amide bonds. The molecule has 1 aliphatic rings. The summed E-state index contributed by atoms with van der Waals surface area (Å²) in [5.41, 5.74) is 4.77. The maximum absolute atomic E-state index is 13.0. The van der Waals surface area contributed by atoms with Crippen LogP contribution in [0.5, 0.6) is 0 Å². The Balaban J connectivity index is 1.55. The molecule has 31 heavy (non-hydrogen) atoms. The zero-order chi connectivity index (χ0) is 22.1. The second-order valence-corrected chi connectivity index (χ2v) is 11.2. The van der Waals surface area contributed by atoms with Crippen LogP contribution in [0.1, 0.15) is 74.4 Å². The third-order valence-electron chi connectivity index (χ3n) is 6.03. The minimum Gasteiger partial charge on any atom is -0.325 e. The number of anilines is 1. The maximum atomic E-state index is 13.0. The van der Waals surface area contributed by atoms with Crippen LogP contribution in [0.3, 0.4) is 0 Å². The molecule has 1 aromatic carbocycles. The normalized spacial score (nSPS) is 16.2. The monoisotopic (exact) mass is 453 g/mol. The van der Waals surface area contributed by atoms with Gasteiger partial charge >= 0.3 is 0 Å². The number of carbonyl (C=O) groups excluding carboxylic acids is 1. The van der Waals surface area contributed by atoms with Crippen molar-refractivity contribution < 1.29 is 4.79 Å². The first-order valence-corrected chi connectivity index (χ1v) is 13.0. The molecule has 3 aromatic rings. The highest BCUT2D eigenvalue weighted by atomic mass is 32.2. The van der Waals surface area contributed by atoms with E-state index in [1.54, 1.807) is 17.7 Å². The molecular weight excluding hydrogens is 422 g/mol. The molecule has 4 nitrogen and oxygen atoms in total. The van der Waals surface area contributed by atoms with E-state index < -0.39 is 0 Å². The molecule has 4 rings (SSSR count). The standard InChI is InChI=1S/C25H31N3OS2/c1-14(2)17-7-6-8-18(15(3)4)23(17)28-21(29)12-30-24-22-19-10-9-16(5)11-20(19)31-25(22)27-13-26-24/h6-8,13-16H,9-12H2,1-5H3,(H,28,29)/t16-/m0/s1. The fourth-order valence-corrected chi connectivity index (χ4v) is 6.60. The number of aryl methyl sites for hydroxylation is 1. The number of rotatable bonds is 6. The molecule has 2 aromatic heterocycles. The number of thiophene rings is 1. The number of aromatic nitrogens is 2. The molecule has 1 atom stereocenters. The Hall–Kier alpha value is -1.92. The molecule has 0 fully saturated rings. The van der Waals surface area contributed by atoms with Gasteiger partial charge in [-0.25, -0.2) is 9.97 Å². The van der Waals surface area contributed by atoms with Gasteiger partial charge in [0.2, 0.25) is 5.91 Å². The molecule has 1 N–H and O–H groups in total. The lowest BCUT2D eigenvalue weighted by Gasteiger charge is -2.20. The van der Waals surface area contributed by atoms with E-state index in [4.69, 9.17) is 0 Å². The van der Waals surface area contributed by atoms with Crippen LogP contribution in [-0.2, 0) is 17.6 Å². The lowest BCUT2D eigenvalue weighted by Crippen LogP contribution is -2.17. The maximum Gasteiger partial charge on any atom is 0.234 e. The van der Waals surface area contributed by atoms with Crippen LogP contribution >= 0.6 is 23.1 Å². The smallest absolute Gasteiger partial charge is 0.234 e. The lowest BCUT2D eigenvalue weighted by molar-refractivity contribution is -0.113. The number of nitrogens with zero attached hydrogens (tertiary/aromatic N) is 2. The van der Waals surface area contributed by atoms with Gasteiger partial charge in [-0.1, -0.05) is 64.6 Å². The summed E-state index contributed by atoms with van der Waals surface area (Å²) in [6.45, 7) is 11.0. The van der Waals surface area contributed by atoms with Crippen molar-refractivity contribution in [2.24, 2.45) is 5.92 Å². The van der Waals surface area contributed by atoms with Gasteiger partial charge in [-0.15, -0.1) is 11.3 Å². The van der Waals surface area contributed by atoms with E-state index in [0.717, 1.165) is 34.3 Å². The van der Waals surface area contributed by atoms with Gasteiger partial charge < -0.3 is 5.32 Å². The molecular formula is C25H31N3OS2. The Morgan fingerprint density at radius 2 is 1.90 bits per heavy atom. The molecule has 0 bridgehead atoms. The van der Waals surface area contributed by atoms with Gasteiger partial charge in [-0.05, 0) is 53.7 Å². The minimum absolute atomic E-state index is 0.0180. The molecule has 6 heteroatoms. The number of fused-ring (bicyclic) bond motifs is 3. The van der Waals surface area contributed by atoms with Crippen LogP contribution in [0.2, 0.25) is 0 Å². The second-order valence-electron chi connectivity index (χ2n) is 9.17. The zero-order valence-corrected chi connectivity index (χ0v) is 20.6. The van der Waals surface area contributed by atoms with Gasteiger partial charge in [0.25, 0.3) is 0 Å². The Morgan fingerprint density at radius 1 is 1.19 bits per heavy atom. The highest BCUT2D eigenvalue weighted by Crippen LogP contribution is 2.40. The molecule has 0 radical (unpaired) electrons. The molecule has 164 valence electrons. The Labute approximate surface area is 193 Å². The predicted octanol–water partition coefficient (Wildman–Crippen LogP) is 6.79. The molecule has 0 aliphatic heterocycles. The predicted molar refractivity (Wildman–Crippen MR) is 133 cm³/mol. The molecule has 0 saturated carbocycles. The Kier molecular flexibility index (Phi) is 6.68. The summed E-state index contributed by atoms with van der Waals surface area (Å²) in [5.74, 6) is 1.79. The SMILES string of the molecule is CC(C)c1cccc(C(C)C)c1NC(=O)CSc1ncnc2sc3c(c12)CC[C@H](C)C3. The number of hydrogen-bond donors (Lipinski definition) is 1. The van der Waals surface area contributed by atoms with Crippen molar-refractivity contribution in [3.8, 4) is 0 Å². The van der Waals surface area contributed by atoms with Crippen molar-refractivity contribution >= 4 is 44.9 Å². The fraction of sp³-hybridized carbons (Fsp3) is 0.480. The average Bonchev–Trinajstić information content (AvgIpc) is 3.10. The van der Waals surface area contributed by atoms with E-state index in [9.17, 15) is 4.79 Å². The third kappa shape index (κ3) is 4.65. The summed E-state index contributed by atoms with van der Waals surface area (Å²) in [7, 11) is 0. The first-order valence-electron chi connectivity index (χ1n) is 11.2. The van der Waals surface area contributed by atoms with Crippen molar-refractivity contribution in [1.29, 1.82) is 0 Å². The van der Waals surface area contributed by atoms with Crippen LogP contribution in [0, 0.1) is 5.92 Å². The molecule has 0 saturated heterocycles. The quantitative estimate of drug-likeness (QED) is 0.330. The Bertz CT molecular complexity index is 1080. The summed E-state index contributed by atoms with van der Waals surface area (Å²) >= 11 is 3.33. The number of nitrogens with one attached hydrogen (secondary N) is 1. The van der Waals surface area contributed by atoms with Crippen LogP contribution in [0.15, 0.2) is 29.6 Å². The molecule has 1 aliphatic carbocycles. The minimum atomic E-state index is 0.0180. The molecule has 2 heterocycles. The van der Waals surface area contributed by atoms with Gasteiger partial charge in [0.15, 0.2) is 0 Å². The summed E-state index contributed by atoms with van der Waals surface area (Å²) < 4.78 is 0. The van der Waals surface area contributed by atoms with E-state index in [0.29, 0.717) is 17.6 Å².